The molecule has 0 fully saturated rings. The Kier molecular flexibility index (Phi) is 5.60. The van der Waals surface area contributed by atoms with Gasteiger partial charge in [-0.3, -0.25) is 4.79 Å². The van der Waals surface area contributed by atoms with E-state index in [0.29, 0.717) is 10.8 Å². The predicted molar refractivity (Wildman–Crippen MR) is 81.4 cm³/mol. The van der Waals surface area contributed by atoms with E-state index in [-0.39, 0.29) is 31.5 Å². The van der Waals surface area contributed by atoms with Crippen LogP contribution in [0, 0.1) is 0 Å². The highest BCUT2D eigenvalue weighted by Crippen LogP contribution is 2.28. The molecule has 0 aliphatic carbocycles. The Hall–Kier alpha value is -1.57. The summed E-state index contributed by atoms with van der Waals surface area (Å²) in [5.74, 6) is 0.289. The average molecular weight is 375 g/mol. The molecule has 0 unspecified atom stereocenters. The maximum Gasteiger partial charge on any atom is 0.271 e. The van der Waals surface area contributed by atoms with E-state index in [4.69, 9.17) is 21.4 Å². The monoisotopic (exact) mass is 373 g/mol. The van der Waals surface area contributed by atoms with Crippen molar-refractivity contribution in [1.29, 1.82) is 0 Å². The van der Waals surface area contributed by atoms with E-state index in [2.05, 4.69) is 26.3 Å². The number of halogens is 2. The molecule has 112 valence electrons. The van der Waals surface area contributed by atoms with Crippen LogP contribution in [0.2, 0.25) is 5.02 Å². The normalized spacial score (nSPS) is 10.4. The van der Waals surface area contributed by atoms with E-state index in [9.17, 15) is 4.79 Å². The maximum atomic E-state index is 11.6. The largest absolute Gasteiger partial charge is 0.470 e. The summed E-state index contributed by atoms with van der Waals surface area (Å²) in [7, 11) is 0. The summed E-state index contributed by atoms with van der Waals surface area (Å²) in [4.78, 5) is 11.6. The van der Waals surface area contributed by atoms with Crippen molar-refractivity contribution in [2.45, 2.75) is 6.73 Å². The summed E-state index contributed by atoms with van der Waals surface area (Å²) in [6.45, 7) is 0.244. The Morgan fingerprint density at radius 1 is 1.48 bits per heavy atom. The Bertz CT molecular complexity index is 633. The van der Waals surface area contributed by atoms with Crippen LogP contribution in [0.3, 0.4) is 0 Å². The van der Waals surface area contributed by atoms with Gasteiger partial charge < -0.3 is 15.2 Å². The SMILES string of the molecule is O=C(NCCO)c1ccn(COc2ccc(Cl)cc2Br)n1. The molecule has 2 N–H and O–H groups in total. The van der Waals surface area contributed by atoms with Gasteiger partial charge in [-0.05, 0) is 40.2 Å². The second kappa shape index (κ2) is 7.44. The maximum absolute atomic E-state index is 11.6. The molecule has 2 rings (SSSR count). The van der Waals surface area contributed by atoms with E-state index in [1.807, 2.05) is 0 Å². The minimum Gasteiger partial charge on any atom is -0.470 e. The van der Waals surface area contributed by atoms with Crippen molar-refractivity contribution in [1.82, 2.24) is 15.1 Å². The van der Waals surface area contributed by atoms with Crippen LogP contribution in [-0.2, 0) is 6.73 Å². The van der Waals surface area contributed by atoms with E-state index >= 15 is 0 Å². The summed E-state index contributed by atoms with van der Waals surface area (Å²) in [5.41, 5.74) is 0.266. The number of nitrogens with one attached hydrogen (secondary N) is 1. The van der Waals surface area contributed by atoms with Crippen molar-refractivity contribution in [3.05, 3.63) is 45.7 Å². The number of aliphatic hydroxyl groups excluding tert-OH is 1. The second-order valence-corrected chi connectivity index (χ2v) is 5.36. The first-order valence-electron chi connectivity index (χ1n) is 6.10. The zero-order chi connectivity index (χ0) is 15.2. The fourth-order valence-electron chi connectivity index (χ4n) is 1.54. The Balaban J connectivity index is 1.95. The van der Waals surface area contributed by atoms with E-state index in [0.717, 1.165) is 4.47 Å². The molecule has 2 aromatic rings. The number of ether oxygens (including phenoxy) is 1. The Morgan fingerprint density at radius 3 is 3.00 bits per heavy atom. The molecule has 21 heavy (non-hydrogen) atoms. The van der Waals surface area contributed by atoms with Crippen molar-refractivity contribution < 1.29 is 14.6 Å². The van der Waals surface area contributed by atoms with Crippen molar-refractivity contribution in [2.75, 3.05) is 13.2 Å². The van der Waals surface area contributed by atoms with Gasteiger partial charge in [0.05, 0.1) is 11.1 Å². The van der Waals surface area contributed by atoms with Gasteiger partial charge in [0, 0.05) is 17.8 Å². The first-order chi connectivity index (χ1) is 10.1. The molecule has 0 aliphatic heterocycles. The molecule has 0 aliphatic rings. The fraction of sp³-hybridized carbons (Fsp3) is 0.231. The Morgan fingerprint density at radius 2 is 2.29 bits per heavy atom. The highest BCUT2D eigenvalue weighted by Gasteiger charge is 2.09. The number of benzene rings is 1. The van der Waals surface area contributed by atoms with E-state index in [1.54, 1.807) is 30.5 Å². The number of hydrogen-bond acceptors (Lipinski definition) is 4. The summed E-state index contributed by atoms with van der Waals surface area (Å²) in [5, 5.41) is 15.9. The van der Waals surface area contributed by atoms with Crippen LogP contribution in [0.15, 0.2) is 34.9 Å². The lowest BCUT2D eigenvalue weighted by atomic mass is 10.3. The summed E-state index contributed by atoms with van der Waals surface area (Å²) in [6.07, 6.45) is 1.64. The number of amides is 1. The van der Waals surface area contributed by atoms with Gasteiger partial charge in [0.25, 0.3) is 5.91 Å². The van der Waals surface area contributed by atoms with Crippen molar-refractivity contribution in [3.8, 4) is 5.75 Å². The van der Waals surface area contributed by atoms with Gasteiger partial charge in [-0.1, -0.05) is 11.6 Å². The van der Waals surface area contributed by atoms with Crippen LogP contribution in [0.1, 0.15) is 10.5 Å². The van der Waals surface area contributed by atoms with Gasteiger partial charge in [0.1, 0.15) is 11.4 Å². The molecule has 6 nitrogen and oxygen atoms in total. The summed E-state index contributed by atoms with van der Waals surface area (Å²) in [6, 6.07) is 6.77. The molecule has 1 aromatic heterocycles. The molecule has 1 aromatic carbocycles. The fourth-order valence-corrected chi connectivity index (χ4v) is 2.34. The first-order valence-corrected chi connectivity index (χ1v) is 7.27. The van der Waals surface area contributed by atoms with Crippen LogP contribution in [0.5, 0.6) is 5.75 Å². The number of aromatic nitrogens is 2. The van der Waals surface area contributed by atoms with Crippen LogP contribution < -0.4 is 10.1 Å². The number of carbonyl (C=O) groups is 1. The topological polar surface area (TPSA) is 76.4 Å². The zero-order valence-electron chi connectivity index (χ0n) is 10.9. The standard InChI is InChI=1S/C13H13BrClN3O3/c14-10-7-9(15)1-2-12(10)21-8-18-5-3-11(17-18)13(20)16-4-6-19/h1-3,5,7,19H,4,6,8H2,(H,16,20). The third-order valence-corrected chi connectivity index (χ3v) is 3.37. The van der Waals surface area contributed by atoms with Gasteiger partial charge >= 0.3 is 0 Å². The van der Waals surface area contributed by atoms with Gasteiger partial charge in [0.2, 0.25) is 0 Å². The predicted octanol–water partition coefficient (Wildman–Crippen LogP) is 2.06. The second-order valence-electron chi connectivity index (χ2n) is 4.07. The molecule has 0 saturated carbocycles. The van der Waals surface area contributed by atoms with Crippen LogP contribution in [0.25, 0.3) is 0 Å². The van der Waals surface area contributed by atoms with E-state index in [1.165, 1.54) is 4.68 Å². The minimum absolute atomic E-state index is 0.111. The van der Waals surface area contributed by atoms with Gasteiger partial charge in [-0.15, -0.1) is 0 Å². The average Bonchev–Trinajstić information content (AvgIpc) is 2.93. The van der Waals surface area contributed by atoms with E-state index < -0.39 is 0 Å². The number of carbonyl (C=O) groups excluding carboxylic acids is 1. The van der Waals surface area contributed by atoms with Crippen molar-refractivity contribution in [2.24, 2.45) is 0 Å². The molecule has 1 amide bonds. The van der Waals surface area contributed by atoms with Gasteiger partial charge in [-0.25, -0.2) is 4.68 Å². The number of nitrogens with zero attached hydrogens (tertiary/aromatic N) is 2. The lowest BCUT2D eigenvalue weighted by molar-refractivity contribution is 0.0937. The molecule has 0 atom stereocenters. The molecule has 0 radical (unpaired) electrons. The van der Waals surface area contributed by atoms with Crippen LogP contribution in [0.4, 0.5) is 0 Å². The third kappa shape index (κ3) is 4.45. The summed E-state index contributed by atoms with van der Waals surface area (Å²) >= 11 is 9.20. The minimum atomic E-state index is -0.338. The zero-order valence-corrected chi connectivity index (χ0v) is 13.3. The van der Waals surface area contributed by atoms with Crippen LogP contribution >= 0.6 is 27.5 Å². The highest BCUT2D eigenvalue weighted by molar-refractivity contribution is 9.10. The lowest BCUT2D eigenvalue weighted by Gasteiger charge is -2.08. The number of rotatable bonds is 6. The molecule has 8 heteroatoms. The Labute approximate surface area is 134 Å². The molecular weight excluding hydrogens is 362 g/mol. The number of aliphatic hydroxyl groups is 1. The van der Waals surface area contributed by atoms with Crippen LogP contribution in [-0.4, -0.2) is 33.9 Å². The lowest BCUT2D eigenvalue weighted by Crippen LogP contribution is -2.26. The smallest absolute Gasteiger partial charge is 0.271 e. The molecule has 0 bridgehead atoms. The molecule has 0 saturated heterocycles. The quantitative estimate of drug-likeness (QED) is 0.811. The first kappa shape index (κ1) is 15.8. The van der Waals surface area contributed by atoms with Crippen molar-refractivity contribution in [3.63, 3.8) is 0 Å². The summed E-state index contributed by atoms with van der Waals surface area (Å²) < 4.78 is 7.81. The van der Waals surface area contributed by atoms with Gasteiger partial charge in [0.15, 0.2) is 6.73 Å². The number of hydrogen-bond donors (Lipinski definition) is 2. The molecule has 1 heterocycles. The third-order valence-electron chi connectivity index (χ3n) is 2.52. The molecule has 0 spiro atoms. The highest BCUT2D eigenvalue weighted by atomic mass is 79.9. The van der Waals surface area contributed by atoms with Gasteiger partial charge in [-0.2, -0.15) is 5.10 Å². The van der Waals surface area contributed by atoms with Crippen molar-refractivity contribution >= 4 is 33.4 Å². The molecular formula is C13H13BrClN3O3.